The molecule has 0 aliphatic carbocycles. The van der Waals surface area contributed by atoms with Crippen molar-refractivity contribution in [2.75, 3.05) is 26.2 Å². The van der Waals surface area contributed by atoms with Crippen LogP contribution in [0.25, 0.3) is 0 Å². The first-order chi connectivity index (χ1) is 15.4. The zero-order chi connectivity index (χ0) is 23.1. The summed E-state index contributed by atoms with van der Waals surface area (Å²) in [7, 11) is 0. The van der Waals surface area contributed by atoms with Crippen LogP contribution in [0, 0.1) is 0 Å². The normalized spacial score (nSPS) is 15.8. The van der Waals surface area contributed by atoms with Crippen LogP contribution in [0.4, 0.5) is 0 Å². The highest BCUT2D eigenvalue weighted by Crippen LogP contribution is 2.17. The number of rotatable bonds is 8. The van der Waals surface area contributed by atoms with Gasteiger partial charge in [0.25, 0.3) is 11.8 Å². The fourth-order valence-electron chi connectivity index (χ4n) is 3.78. The second kappa shape index (κ2) is 11.0. The molecule has 2 amide bonds. The van der Waals surface area contributed by atoms with E-state index in [2.05, 4.69) is 13.8 Å². The molecule has 6 heteroatoms. The zero-order valence-corrected chi connectivity index (χ0v) is 19.5. The number of benzene rings is 2. The predicted molar refractivity (Wildman–Crippen MR) is 125 cm³/mol. The van der Waals surface area contributed by atoms with Crippen LogP contribution in [0.5, 0.6) is 11.5 Å². The number of ether oxygens (including phenoxy) is 2. The van der Waals surface area contributed by atoms with E-state index in [4.69, 9.17) is 9.47 Å². The van der Waals surface area contributed by atoms with Gasteiger partial charge in [0.2, 0.25) is 0 Å². The highest BCUT2D eigenvalue weighted by molar-refractivity contribution is 5.83. The third kappa shape index (κ3) is 6.02. The highest BCUT2D eigenvalue weighted by Gasteiger charge is 2.30. The molecule has 6 nitrogen and oxygen atoms in total. The molecule has 1 heterocycles. The molecule has 2 aromatic rings. The lowest BCUT2D eigenvalue weighted by Crippen LogP contribution is -2.55. The lowest BCUT2D eigenvalue weighted by atomic mass is 10.2. The molecule has 0 spiro atoms. The van der Waals surface area contributed by atoms with E-state index in [1.165, 1.54) is 11.1 Å². The molecule has 0 radical (unpaired) electrons. The number of piperazine rings is 1. The van der Waals surface area contributed by atoms with Crippen molar-refractivity contribution in [1.82, 2.24) is 9.80 Å². The molecule has 1 aliphatic rings. The quantitative estimate of drug-likeness (QED) is 0.630. The number of aryl methyl sites for hydroxylation is 2. The van der Waals surface area contributed by atoms with Gasteiger partial charge in [0.1, 0.15) is 11.5 Å². The SMILES string of the molecule is CCc1ccc(OC(C)C(=O)N2CCN(C(=O)C(C)Oc3ccc(CC)cc3)CC2)cc1. The van der Waals surface area contributed by atoms with E-state index in [1.807, 2.05) is 48.5 Å². The van der Waals surface area contributed by atoms with Gasteiger partial charge in [0, 0.05) is 26.2 Å². The molecule has 1 fully saturated rings. The number of carbonyl (C=O) groups is 2. The first-order valence-electron chi connectivity index (χ1n) is 11.5. The molecule has 1 saturated heterocycles. The summed E-state index contributed by atoms with van der Waals surface area (Å²) in [4.78, 5) is 29.1. The summed E-state index contributed by atoms with van der Waals surface area (Å²) in [6, 6.07) is 15.6. The van der Waals surface area contributed by atoms with Crippen molar-refractivity contribution in [2.45, 2.75) is 52.7 Å². The van der Waals surface area contributed by atoms with Gasteiger partial charge < -0.3 is 19.3 Å². The van der Waals surface area contributed by atoms with Gasteiger partial charge in [-0.2, -0.15) is 0 Å². The van der Waals surface area contributed by atoms with E-state index in [0.717, 1.165) is 12.8 Å². The molecule has 1 aliphatic heterocycles. The minimum atomic E-state index is -0.571. The monoisotopic (exact) mass is 438 g/mol. The maximum absolute atomic E-state index is 12.8. The highest BCUT2D eigenvalue weighted by atomic mass is 16.5. The van der Waals surface area contributed by atoms with E-state index in [0.29, 0.717) is 37.7 Å². The Bertz CT molecular complexity index is 812. The lowest BCUT2D eigenvalue weighted by molar-refractivity contribution is -0.146. The Morgan fingerprint density at radius 2 is 1.00 bits per heavy atom. The van der Waals surface area contributed by atoms with Crippen LogP contribution in [0.15, 0.2) is 48.5 Å². The van der Waals surface area contributed by atoms with Crippen LogP contribution in [0.2, 0.25) is 0 Å². The summed E-state index contributed by atoms with van der Waals surface area (Å²) in [6.45, 7) is 9.71. The maximum atomic E-state index is 12.8. The minimum Gasteiger partial charge on any atom is -0.481 e. The van der Waals surface area contributed by atoms with Crippen LogP contribution in [-0.2, 0) is 22.4 Å². The molecule has 3 rings (SSSR count). The topological polar surface area (TPSA) is 59.1 Å². The molecule has 2 aromatic carbocycles. The first-order valence-corrected chi connectivity index (χ1v) is 11.5. The molecular weight excluding hydrogens is 404 g/mol. The third-order valence-electron chi connectivity index (χ3n) is 5.89. The van der Waals surface area contributed by atoms with E-state index in [9.17, 15) is 9.59 Å². The average molecular weight is 439 g/mol. The van der Waals surface area contributed by atoms with Crippen LogP contribution in [0.3, 0.4) is 0 Å². The fraction of sp³-hybridized carbons (Fsp3) is 0.462. The molecular formula is C26H34N2O4. The summed E-state index contributed by atoms with van der Waals surface area (Å²) in [5, 5.41) is 0. The number of nitrogens with zero attached hydrogens (tertiary/aromatic N) is 2. The standard InChI is InChI=1S/C26H34N2O4/c1-5-21-7-11-23(12-8-21)31-19(3)25(29)27-15-17-28(18-16-27)26(30)20(4)32-24-13-9-22(6-2)10-14-24/h7-14,19-20H,5-6,15-18H2,1-4H3. The molecule has 2 atom stereocenters. The van der Waals surface area contributed by atoms with Gasteiger partial charge in [-0.1, -0.05) is 38.1 Å². The third-order valence-corrected chi connectivity index (χ3v) is 5.89. The smallest absolute Gasteiger partial charge is 0.263 e. The van der Waals surface area contributed by atoms with Crippen LogP contribution in [0.1, 0.15) is 38.8 Å². The Kier molecular flexibility index (Phi) is 8.14. The second-order valence-corrected chi connectivity index (χ2v) is 8.17. The van der Waals surface area contributed by atoms with Crippen molar-refractivity contribution in [1.29, 1.82) is 0 Å². The van der Waals surface area contributed by atoms with Crippen LogP contribution in [-0.4, -0.2) is 60.0 Å². The fourth-order valence-corrected chi connectivity index (χ4v) is 3.78. The van der Waals surface area contributed by atoms with Crippen molar-refractivity contribution in [3.8, 4) is 11.5 Å². The second-order valence-electron chi connectivity index (χ2n) is 8.17. The molecule has 0 aromatic heterocycles. The first kappa shape index (κ1) is 23.6. The van der Waals surface area contributed by atoms with Gasteiger partial charge >= 0.3 is 0 Å². The zero-order valence-electron chi connectivity index (χ0n) is 19.5. The minimum absolute atomic E-state index is 0.0584. The van der Waals surface area contributed by atoms with Gasteiger partial charge in [0.05, 0.1) is 0 Å². The van der Waals surface area contributed by atoms with Gasteiger partial charge in [-0.15, -0.1) is 0 Å². The Balaban J connectivity index is 1.47. The average Bonchev–Trinajstić information content (AvgIpc) is 2.84. The predicted octanol–water partition coefficient (Wildman–Crippen LogP) is 3.72. The summed E-state index contributed by atoms with van der Waals surface area (Å²) in [6.07, 6.45) is 0.787. The van der Waals surface area contributed by atoms with Gasteiger partial charge in [0.15, 0.2) is 12.2 Å². The van der Waals surface area contributed by atoms with Crippen LogP contribution < -0.4 is 9.47 Å². The molecule has 0 N–H and O–H groups in total. The number of amides is 2. The number of hydrogen-bond acceptors (Lipinski definition) is 4. The molecule has 2 unspecified atom stereocenters. The maximum Gasteiger partial charge on any atom is 0.263 e. The Hall–Kier alpha value is -3.02. The number of hydrogen-bond donors (Lipinski definition) is 0. The lowest BCUT2D eigenvalue weighted by Gasteiger charge is -2.36. The van der Waals surface area contributed by atoms with E-state index in [1.54, 1.807) is 23.6 Å². The summed E-state index contributed by atoms with van der Waals surface area (Å²) >= 11 is 0. The molecule has 0 bridgehead atoms. The van der Waals surface area contributed by atoms with Crippen molar-refractivity contribution in [3.05, 3.63) is 59.7 Å². The van der Waals surface area contributed by atoms with Gasteiger partial charge in [-0.05, 0) is 62.1 Å². The van der Waals surface area contributed by atoms with Gasteiger partial charge in [-0.3, -0.25) is 9.59 Å². The largest absolute Gasteiger partial charge is 0.481 e. The summed E-state index contributed by atoms with van der Waals surface area (Å²) < 4.78 is 11.7. The Morgan fingerprint density at radius 1 is 0.688 bits per heavy atom. The molecule has 0 saturated carbocycles. The van der Waals surface area contributed by atoms with Crippen LogP contribution >= 0.6 is 0 Å². The van der Waals surface area contributed by atoms with E-state index >= 15 is 0 Å². The van der Waals surface area contributed by atoms with Crippen molar-refractivity contribution in [2.24, 2.45) is 0 Å². The summed E-state index contributed by atoms with van der Waals surface area (Å²) in [5.41, 5.74) is 2.46. The van der Waals surface area contributed by atoms with Crippen molar-refractivity contribution < 1.29 is 19.1 Å². The van der Waals surface area contributed by atoms with E-state index < -0.39 is 12.2 Å². The van der Waals surface area contributed by atoms with Gasteiger partial charge in [-0.25, -0.2) is 0 Å². The summed E-state index contributed by atoms with van der Waals surface area (Å²) in [5.74, 6) is 1.26. The Morgan fingerprint density at radius 3 is 1.28 bits per heavy atom. The van der Waals surface area contributed by atoms with Crippen molar-refractivity contribution in [3.63, 3.8) is 0 Å². The Labute approximate surface area is 191 Å². The van der Waals surface area contributed by atoms with Crippen molar-refractivity contribution >= 4 is 11.8 Å². The number of carbonyl (C=O) groups excluding carboxylic acids is 2. The molecule has 172 valence electrons. The molecule has 32 heavy (non-hydrogen) atoms. The van der Waals surface area contributed by atoms with E-state index in [-0.39, 0.29) is 11.8 Å².